The number of aromatic amines is 1. The molecule has 2 aromatic rings. The van der Waals surface area contributed by atoms with Gasteiger partial charge in [0.25, 0.3) is 11.5 Å². The number of hydrogen-bond acceptors (Lipinski definition) is 5. The van der Waals surface area contributed by atoms with E-state index in [2.05, 4.69) is 4.98 Å². The Bertz CT molecular complexity index is 1000. The number of aromatic nitrogens is 2. The minimum atomic E-state index is -0.969. The van der Waals surface area contributed by atoms with Crippen molar-refractivity contribution in [3.63, 3.8) is 0 Å². The van der Waals surface area contributed by atoms with E-state index in [9.17, 15) is 14.4 Å². The van der Waals surface area contributed by atoms with Crippen molar-refractivity contribution in [2.24, 2.45) is 0 Å². The normalized spacial score (nSPS) is 11.9. The Morgan fingerprint density at radius 3 is 2.59 bits per heavy atom. The predicted octanol–water partition coefficient (Wildman–Crippen LogP) is 3.05. The molecule has 0 radical (unpaired) electrons. The first kappa shape index (κ1) is 22.8. The molecule has 8 nitrogen and oxygen atoms in total. The lowest BCUT2D eigenvalue weighted by Crippen LogP contribution is -2.45. The highest BCUT2D eigenvalue weighted by atomic mass is 35.5. The summed E-state index contributed by atoms with van der Waals surface area (Å²) in [7, 11) is 0. The van der Waals surface area contributed by atoms with Crippen molar-refractivity contribution in [2.75, 3.05) is 17.2 Å². The van der Waals surface area contributed by atoms with Crippen LogP contribution in [-0.4, -0.2) is 28.1 Å². The van der Waals surface area contributed by atoms with E-state index in [1.807, 2.05) is 6.92 Å². The fourth-order valence-electron chi connectivity index (χ4n) is 2.83. The van der Waals surface area contributed by atoms with Crippen molar-refractivity contribution < 1.29 is 9.53 Å². The molecule has 10 heteroatoms. The van der Waals surface area contributed by atoms with Crippen molar-refractivity contribution >= 4 is 40.6 Å². The summed E-state index contributed by atoms with van der Waals surface area (Å²) in [4.78, 5) is 41.0. The van der Waals surface area contributed by atoms with Gasteiger partial charge in [-0.25, -0.2) is 4.79 Å². The molecule has 0 saturated heterocycles. The van der Waals surface area contributed by atoms with Gasteiger partial charge in [0.15, 0.2) is 11.8 Å². The van der Waals surface area contributed by atoms with Crippen LogP contribution in [0.2, 0.25) is 10.0 Å². The Morgan fingerprint density at radius 2 is 2.00 bits per heavy atom. The van der Waals surface area contributed by atoms with Crippen LogP contribution in [0.5, 0.6) is 5.75 Å². The summed E-state index contributed by atoms with van der Waals surface area (Å²) in [5.74, 6) is -0.279. The molecule has 0 bridgehead atoms. The van der Waals surface area contributed by atoms with Gasteiger partial charge >= 0.3 is 5.69 Å². The second-order valence-corrected chi connectivity index (χ2v) is 7.26. The number of nitrogen functional groups attached to an aromatic ring is 1. The zero-order chi connectivity index (χ0) is 21.7. The summed E-state index contributed by atoms with van der Waals surface area (Å²) in [5.41, 5.74) is 4.69. The third-order valence-corrected chi connectivity index (χ3v) is 4.88. The number of nitrogens with zero attached hydrogens (tertiary/aromatic N) is 2. The van der Waals surface area contributed by atoms with E-state index in [1.54, 1.807) is 19.1 Å². The van der Waals surface area contributed by atoms with Gasteiger partial charge in [0.2, 0.25) is 0 Å². The lowest BCUT2D eigenvalue weighted by atomic mass is 10.2. The lowest BCUT2D eigenvalue weighted by molar-refractivity contribution is -0.124. The highest BCUT2D eigenvalue weighted by molar-refractivity contribution is 6.35. The van der Waals surface area contributed by atoms with E-state index in [0.29, 0.717) is 18.0 Å². The van der Waals surface area contributed by atoms with Crippen LogP contribution in [0.25, 0.3) is 0 Å². The Labute approximate surface area is 178 Å². The van der Waals surface area contributed by atoms with Gasteiger partial charge in [0.05, 0.1) is 5.02 Å². The summed E-state index contributed by atoms with van der Waals surface area (Å²) in [6.07, 6.45) is 0.566. The van der Waals surface area contributed by atoms with Gasteiger partial charge in [-0.3, -0.25) is 19.1 Å². The molecule has 3 N–H and O–H groups in total. The third-order valence-electron chi connectivity index (χ3n) is 4.35. The van der Waals surface area contributed by atoms with Crippen LogP contribution >= 0.6 is 23.2 Å². The lowest BCUT2D eigenvalue weighted by Gasteiger charge is -2.26. The van der Waals surface area contributed by atoms with Crippen molar-refractivity contribution in [1.29, 1.82) is 0 Å². The number of ether oxygens (including phenoxy) is 1. The first-order valence-electron chi connectivity index (χ1n) is 9.26. The number of nitrogens with two attached hydrogens (primary N) is 1. The summed E-state index contributed by atoms with van der Waals surface area (Å²) in [6, 6.07) is 4.64. The number of benzene rings is 1. The van der Waals surface area contributed by atoms with Gasteiger partial charge in [-0.2, -0.15) is 0 Å². The number of amides is 1. The Hall–Kier alpha value is -2.45. The minimum absolute atomic E-state index is 0.0564. The first-order valence-corrected chi connectivity index (χ1v) is 10.0. The van der Waals surface area contributed by atoms with Crippen molar-refractivity contribution in [1.82, 2.24) is 9.55 Å². The van der Waals surface area contributed by atoms with Crippen LogP contribution in [0.3, 0.4) is 0 Å². The van der Waals surface area contributed by atoms with Crippen LogP contribution in [-0.2, 0) is 11.3 Å². The molecule has 1 aromatic carbocycles. The molecule has 0 aliphatic carbocycles. The molecule has 1 heterocycles. The number of H-pyrrole nitrogens is 1. The van der Waals surface area contributed by atoms with E-state index in [1.165, 1.54) is 22.5 Å². The molecular formula is C19H24Cl2N4O4. The van der Waals surface area contributed by atoms with Gasteiger partial charge in [-0.15, -0.1) is 0 Å². The smallest absolute Gasteiger partial charge is 0.330 e. The second-order valence-electron chi connectivity index (χ2n) is 6.42. The highest BCUT2D eigenvalue weighted by Crippen LogP contribution is 2.29. The fraction of sp³-hybridized carbons (Fsp3) is 0.421. The first-order chi connectivity index (χ1) is 13.7. The Morgan fingerprint density at radius 1 is 1.31 bits per heavy atom. The molecule has 0 aliphatic heterocycles. The monoisotopic (exact) mass is 442 g/mol. The van der Waals surface area contributed by atoms with Crippen LogP contribution in [0, 0.1) is 0 Å². The number of likely N-dealkylation sites (N-methyl/N-ethyl adjacent to an activating group) is 1. The fourth-order valence-corrected chi connectivity index (χ4v) is 3.28. The van der Waals surface area contributed by atoms with E-state index >= 15 is 0 Å². The number of carbonyl (C=O) groups excluding carboxylic acids is 1. The average Bonchev–Trinajstić information content (AvgIpc) is 2.66. The number of hydrogen-bond donors (Lipinski definition) is 2. The van der Waals surface area contributed by atoms with Gasteiger partial charge in [-0.05, 0) is 38.5 Å². The van der Waals surface area contributed by atoms with Crippen LogP contribution < -0.4 is 26.6 Å². The third kappa shape index (κ3) is 5.13. The maximum Gasteiger partial charge on any atom is 0.330 e. The molecule has 158 valence electrons. The van der Waals surface area contributed by atoms with E-state index < -0.39 is 23.3 Å². The van der Waals surface area contributed by atoms with Crippen molar-refractivity contribution in [3.8, 4) is 5.75 Å². The molecule has 0 spiro atoms. The van der Waals surface area contributed by atoms with Gasteiger partial charge < -0.3 is 15.4 Å². The molecule has 1 amide bonds. The van der Waals surface area contributed by atoms with E-state index in [-0.39, 0.29) is 28.8 Å². The molecule has 0 fully saturated rings. The molecule has 2 rings (SSSR count). The molecule has 0 saturated carbocycles. The summed E-state index contributed by atoms with van der Waals surface area (Å²) >= 11 is 12.0. The predicted molar refractivity (Wildman–Crippen MR) is 115 cm³/mol. The van der Waals surface area contributed by atoms with Crippen LogP contribution in [0.4, 0.5) is 11.5 Å². The SMILES string of the molecule is CCCCn1c(N)c(N(CC)C(=O)C(C)Oc2ccc(Cl)cc2Cl)c(=O)[nH]c1=O. The maximum absolute atomic E-state index is 13.0. The molecule has 1 unspecified atom stereocenters. The number of rotatable bonds is 8. The van der Waals surface area contributed by atoms with Gasteiger partial charge in [-0.1, -0.05) is 36.5 Å². The number of unbranched alkanes of at least 4 members (excludes halogenated alkanes) is 1. The zero-order valence-electron chi connectivity index (χ0n) is 16.5. The average molecular weight is 443 g/mol. The molecule has 0 aliphatic rings. The van der Waals surface area contributed by atoms with Gasteiger partial charge in [0, 0.05) is 18.1 Å². The van der Waals surface area contributed by atoms with E-state index in [0.717, 1.165) is 6.42 Å². The van der Waals surface area contributed by atoms with Gasteiger partial charge in [0.1, 0.15) is 11.6 Å². The highest BCUT2D eigenvalue weighted by Gasteiger charge is 2.28. The summed E-state index contributed by atoms with van der Waals surface area (Å²) in [6.45, 7) is 5.69. The molecular weight excluding hydrogens is 419 g/mol. The van der Waals surface area contributed by atoms with Crippen molar-refractivity contribution in [2.45, 2.75) is 46.3 Å². The molecule has 1 atom stereocenters. The number of nitrogens with one attached hydrogen (secondary N) is 1. The zero-order valence-corrected chi connectivity index (χ0v) is 18.0. The van der Waals surface area contributed by atoms with Crippen LogP contribution in [0.1, 0.15) is 33.6 Å². The molecule has 1 aromatic heterocycles. The standard InChI is InChI=1S/C19H24Cl2N4O4/c1-4-6-9-25-16(22)15(17(26)23-19(25)28)24(5-2)18(27)11(3)29-14-8-7-12(20)10-13(14)21/h7-8,10-11H,4-6,9,22H2,1-3H3,(H,23,26,28). The Balaban J connectivity index is 2.38. The van der Waals surface area contributed by atoms with Crippen LogP contribution in [0.15, 0.2) is 27.8 Å². The second kappa shape index (κ2) is 9.84. The quantitative estimate of drug-likeness (QED) is 0.652. The molecule has 29 heavy (non-hydrogen) atoms. The Kier molecular flexibility index (Phi) is 7.75. The minimum Gasteiger partial charge on any atom is -0.479 e. The largest absolute Gasteiger partial charge is 0.479 e. The number of carbonyl (C=O) groups is 1. The summed E-state index contributed by atoms with van der Waals surface area (Å²) in [5, 5.41) is 0.691. The number of anilines is 2. The number of halogens is 2. The topological polar surface area (TPSA) is 110 Å². The van der Waals surface area contributed by atoms with E-state index in [4.69, 9.17) is 33.7 Å². The maximum atomic E-state index is 13.0. The summed E-state index contributed by atoms with van der Waals surface area (Å²) < 4.78 is 6.92. The van der Waals surface area contributed by atoms with Crippen molar-refractivity contribution in [3.05, 3.63) is 49.1 Å².